The Morgan fingerprint density at radius 3 is 2.95 bits per heavy atom. The van der Waals surface area contributed by atoms with Gasteiger partial charge in [0.05, 0.1) is 4.92 Å². The maximum absolute atomic E-state index is 11.1. The summed E-state index contributed by atoms with van der Waals surface area (Å²) in [5.74, 6) is 1.22. The molecular formula is C13H22N6O2. The van der Waals surface area contributed by atoms with Gasteiger partial charge in [0.15, 0.2) is 0 Å². The van der Waals surface area contributed by atoms with Crippen LogP contribution in [0.5, 0.6) is 0 Å². The summed E-state index contributed by atoms with van der Waals surface area (Å²) in [5, 5.41) is 17.2. The van der Waals surface area contributed by atoms with Gasteiger partial charge in [0.25, 0.3) is 0 Å². The van der Waals surface area contributed by atoms with Crippen LogP contribution in [0.15, 0.2) is 6.20 Å². The number of aromatic nitrogens is 2. The first-order valence-corrected chi connectivity index (χ1v) is 7.28. The van der Waals surface area contributed by atoms with Crippen molar-refractivity contribution in [2.75, 3.05) is 43.9 Å². The maximum atomic E-state index is 11.1. The highest BCUT2D eigenvalue weighted by Gasteiger charge is 2.22. The fourth-order valence-electron chi connectivity index (χ4n) is 2.40. The van der Waals surface area contributed by atoms with E-state index in [1.807, 2.05) is 6.92 Å². The first-order valence-electron chi connectivity index (χ1n) is 7.28. The average Bonchev–Trinajstić information content (AvgIpc) is 2.88. The van der Waals surface area contributed by atoms with E-state index in [9.17, 15) is 10.1 Å². The molecule has 2 rings (SSSR count). The van der Waals surface area contributed by atoms with E-state index in [0.29, 0.717) is 24.2 Å². The number of hydrogen-bond donors (Lipinski definition) is 2. The molecule has 2 heterocycles. The number of likely N-dealkylation sites (tertiary alicyclic amines) is 1. The van der Waals surface area contributed by atoms with E-state index in [0.717, 1.165) is 32.5 Å². The largest absolute Gasteiger partial charge is 0.364 e. The van der Waals surface area contributed by atoms with Crippen molar-refractivity contribution in [3.05, 3.63) is 16.3 Å². The van der Waals surface area contributed by atoms with Gasteiger partial charge in [-0.1, -0.05) is 6.92 Å². The minimum Gasteiger partial charge on any atom is -0.364 e. The molecule has 0 aromatic carbocycles. The molecule has 1 aliphatic rings. The lowest BCUT2D eigenvalue weighted by Crippen LogP contribution is -2.20. The van der Waals surface area contributed by atoms with Crippen LogP contribution in [-0.4, -0.2) is 53.0 Å². The fraction of sp³-hybridized carbons (Fsp3) is 0.692. The molecule has 1 aromatic rings. The first-order chi connectivity index (χ1) is 10.1. The molecule has 1 aliphatic heterocycles. The molecule has 0 spiro atoms. The van der Waals surface area contributed by atoms with Gasteiger partial charge >= 0.3 is 5.69 Å². The van der Waals surface area contributed by atoms with Gasteiger partial charge in [-0.25, -0.2) is 4.98 Å². The van der Waals surface area contributed by atoms with Crippen LogP contribution in [0, 0.1) is 16.0 Å². The van der Waals surface area contributed by atoms with Crippen molar-refractivity contribution in [1.29, 1.82) is 0 Å². The van der Waals surface area contributed by atoms with Gasteiger partial charge in [-0.15, -0.1) is 0 Å². The minimum atomic E-state index is -0.452. The van der Waals surface area contributed by atoms with Crippen molar-refractivity contribution in [2.24, 2.45) is 5.92 Å². The van der Waals surface area contributed by atoms with Gasteiger partial charge in [0.1, 0.15) is 6.20 Å². The second-order valence-electron chi connectivity index (χ2n) is 5.41. The SMILES string of the molecule is CCCNc1ncc([N+](=O)[O-])c(NCC2CCN(C)C2)n1. The highest BCUT2D eigenvalue weighted by atomic mass is 16.6. The van der Waals surface area contributed by atoms with Crippen LogP contribution in [0.25, 0.3) is 0 Å². The standard InChI is InChI=1S/C13H22N6O2/c1-3-5-14-13-16-8-11(19(20)21)12(17-13)15-7-10-4-6-18(2)9-10/h8,10H,3-7,9H2,1-2H3,(H2,14,15,16,17). The highest BCUT2D eigenvalue weighted by molar-refractivity contribution is 5.56. The lowest BCUT2D eigenvalue weighted by atomic mass is 10.1. The zero-order valence-electron chi connectivity index (χ0n) is 12.5. The van der Waals surface area contributed by atoms with Crippen LogP contribution < -0.4 is 10.6 Å². The molecular weight excluding hydrogens is 272 g/mol. The third-order valence-corrected chi connectivity index (χ3v) is 3.55. The molecule has 0 amide bonds. The Kier molecular flexibility index (Phi) is 5.26. The minimum absolute atomic E-state index is 0.0802. The van der Waals surface area contributed by atoms with Crippen molar-refractivity contribution in [3.8, 4) is 0 Å². The summed E-state index contributed by atoms with van der Waals surface area (Å²) in [6, 6.07) is 0. The normalized spacial score (nSPS) is 18.7. The van der Waals surface area contributed by atoms with Crippen molar-refractivity contribution >= 4 is 17.5 Å². The lowest BCUT2D eigenvalue weighted by molar-refractivity contribution is -0.384. The van der Waals surface area contributed by atoms with Crippen LogP contribution in [0.1, 0.15) is 19.8 Å². The van der Waals surface area contributed by atoms with E-state index in [1.54, 1.807) is 0 Å². The van der Waals surface area contributed by atoms with Gasteiger partial charge < -0.3 is 15.5 Å². The maximum Gasteiger partial charge on any atom is 0.329 e. The second-order valence-corrected chi connectivity index (χ2v) is 5.41. The predicted molar refractivity (Wildman–Crippen MR) is 81.6 cm³/mol. The number of anilines is 2. The Bertz CT molecular complexity index is 496. The Hall–Kier alpha value is -1.96. The van der Waals surface area contributed by atoms with E-state index in [-0.39, 0.29) is 5.69 Å². The van der Waals surface area contributed by atoms with E-state index in [1.165, 1.54) is 6.20 Å². The van der Waals surface area contributed by atoms with E-state index < -0.39 is 4.92 Å². The molecule has 8 heteroatoms. The molecule has 8 nitrogen and oxygen atoms in total. The average molecular weight is 294 g/mol. The number of hydrogen-bond acceptors (Lipinski definition) is 7. The lowest BCUT2D eigenvalue weighted by Gasteiger charge is -2.13. The molecule has 0 bridgehead atoms. The summed E-state index contributed by atoms with van der Waals surface area (Å²) >= 11 is 0. The van der Waals surface area contributed by atoms with Crippen LogP contribution in [-0.2, 0) is 0 Å². The third kappa shape index (κ3) is 4.25. The molecule has 1 saturated heterocycles. The monoisotopic (exact) mass is 294 g/mol. The Balaban J connectivity index is 2.05. The summed E-state index contributed by atoms with van der Waals surface area (Å²) < 4.78 is 0. The Morgan fingerprint density at radius 1 is 1.52 bits per heavy atom. The topological polar surface area (TPSA) is 96.2 Å². The number of nitro groups is 1. The van der Waals surface area contributed by atoms with E-state index in [2.05, 4.69) is 32.5 Å². The number of nitrogens with one attached hydrogen (secondary N) is 2. The van der Waals surface area contributed by atoms with E-state index in [4.69, 9.17) is 0 Å². The van der Waals surface area contributed by atoms with Crippen LogP contribution >= 0.6 is 0 Å². The van der Waals surface area contributed by atoms with Gasteiger partial charge in [-0.05, 0) is 32.4 Å². The smallest absolute Gasteiger partial charge is 0.329 e. The molecule has 1 atom stereocenters. The second kappa shape index (κ2) is 7.16. The van der Waals surface area contributed by atoms with Crippen LogP contribution in [0.3, 0.4) is 0 Å². The van der Waals surface area contributed by atoms with E-state index >= 15 is 0 Å². The molecule has 116 valence electrons. The summed E-state index contributed by atoms with van der Waals surface area (Å²) in [6.07, 6.45) is 3.30. The van der Waals surface area contributed by atoms with Gasteiger partial charge in [0, 0.05) is 19.6 Å². The summed E-state index contributed by atoms with van der Waals surface area (Å²) in [6.45, 7) is 5.54. The molecule has 0 aliphatic carbocycles. The number of nitrogens with zero attached hydrogens (tertiary/aromatic N) is 4. The van der Waals surface area contributed by atoms with Crippen molar-refractivity contribution in [2.45, 2.75) is 19.8 Å². The molecule has 1 fully saturated rings. The number of rotatable bonds is 7. The fourth-order valence-corrected chi connectivity index (χ4v) is 2.40. The predicted octanol–water partition coefficient (Wildman–Crippen LogP) is 1.57. The Labute approximate surface area is 124 Å². The highest BCUT2D eigenvalue weighted by Crippen LogP contribution is 2.23. The van der Waals surface area contributed by atoms with Crippen LogP contribution in [0.2, 0.25) is 0 Å². The quantitative estimate of drug-likeness (QED) is 0.582. The van der Waals surface area contributed by atoms with Crippen molar-refractivity contribution in [1.82, 2.24) is 14.9 Å². The van der Waals surface area contributed by atoms with Gasteiger partial charge in [-0.3, -0.25) is 10.1 Å². The third-order valence-electron chi connectivity index (χ3n) is 3.55. The molecule has 21 heavy (non-hydrogen) atoms. The van der Waals surface area contributed by atoms with Crippen LogP contribution in [0.4, 0.5) is 17.5 Å². The van der Waals surface area contributed by atoms with Gasteiger partial charge in [-0.2, -0.15) is 4.98 Å². The van der Waals surface area contributed by atoms with Crippen molar-refractivity contribution < 1.29 is 4.92 Å². The molecule has 0 radical (unpaired) electrons. The summed E-state index contributed by atoms with van der Waals surface area (Å²) in [7, 11) is 2.08. The zero-order valence-corrected chi connectivity index (χ0v) is 12.5. The summed E-state index contributed by atoms with van der Waals surface area (Å²) in [5.41, 5.74) is -0.0802. The zero-order chi connectivity index (χ0) is 15.2. The first kappa shape index (κ1) is 15.4. The molecule has 1 aromatic heterocycles. The summed E-state index contributed by atoms with van der Waals surface area (Å²) in [4.78, 5) is 21.1. The molecule has 1 unspecified atom stereocenters. The molecule has 0 saturated carbocycles. The van der Waals surface area contributed by atoms with Gasteiger partial charge in [0.2, 0.25) is 11.8 Å². The van der Waals surface area contributed by atoms with Crippen molar-refractivity contribution in [3.63, 3.8) is 0 Å². The molecule has 2 N–H and O–H groups in total. The Morgan fingerprint density at radius 2 is 2.33 bits per heavy atom.